The second-order valence-corrected chi connectivity index (χ2v) is 18.4. The molecule has 0 aromatic carbocycles. The largest absolute Gasteiger partial charge is 0.544 e. The molecule has 2 atom stereocenters. The summed E-state index contributed by atoms with van der Waals surface area (Å²) in [5, 5.41) is 11.7. The molecule has 2 unspecified atom stereocenters. The fourth-order valence-corrected chi connectivity index (χ4v) is 7.38. The lowest BCUT2D eigenvalue weighted by molar-refractivity contribution is -0.889. The minimum absolute atomic E-state index is 0.0232. The second kappa shape index (κ2) is 45.6. The molecule has 0 aliphatic rings. The van der Waals surface area contributed by atoms with E-state index in [1.807, 2.05) is 0 Å². The first kappa shape index (κ1) is 60.0. The van der Waals surface area contributed by atoms with Gasteiger partial charge in [-0.25, -0.2) is 0 Å². The predicted octanol–water partition coefficient (Wildman–Crippen LogP) is 13.6. The highest BCUT2D eigenvalue weighted by Gasteiger charge is 2.25. The van der Waals surface area contributed by atoms with E-state index in [0.29, 0.717) is 12.8 Å². The van der Waals surface area contributed by atoms with Crippen LogP contribution in [0.1, 0.15) is 219 Å². The van der Waals surface area contributed by atoms with Crippen LogP contribution < -0.4 is 5.11 Å². The highest BCUT2D eigenvalue weighted by Crippen LogP contribution is 2.15. The number of unbranched alkanes of at least 4 members (excludes halogenated alkanes) is 22. The number of rotatable bonds is 46. The van der Waals surface area contributed by atoms with Crippen molar-refractivity contribution in [3.8, 4) is 0 Å². The Labute approximate surface area is 388 Å². The van der Waals surface area contributed by atoms with Crippen LogP contribution >= 0.6 is 0 Å². The molecule has 8 nitrogen and oxygen atoms in total. The molecule has 0 bridgehead atoms. The number of carbonyl (C=O) groups is 3. The second-order valence-electron chi connectivity index (χ2n) is 18.4. The number of ether oxygens (including phenoxy) is 3. The fraction of sp³-hybridized carbons (Fsp3) is 0.764. The fourth-order valence-electron chi connectivity index (χ4n) is 7.38. The summed E-state index contributed by atoms with van der Waals surface area (Å²) in [6.45, 7) is 4.61. The van der Waals surface area contributed by atoms with E-state index in [4.69, 9.17) is 14.2 Å². The van der Waals surface area contributed by atoms with Gasteiger partial charge in [0, 0.05) is 19.3 Å². The first-order valence-electron chi connectivity index (χ1n) is 25.8. The summed E-state index contributed by atoms with van der Waals surface area (Å²) in [6.07, 6.45) is 56.8. The molecule has 0 amide bonds. The molecule has 0 aliphatic heterocycles. The summed E-state index contributed by atoms with van der Waals surface area (Å²) in [6, 6.07) is -0.735. The van der Waals surface area contributed by atoms with Crippen LogP contribution in [-0.2, 0) is 28.6 Å². The van der Waals surface area contributed by atoms with Gasteiger partial charge in [-0.05, 0) is 64.2 Å². The molecule has 0 spiro atoms. The Balaban J connectivity index is 4.33. The zero-order valence-electron chi connectivity index (χ0n) is 41.5. The number of hydrogen-bond acceptors (Lipinski definition) is 7. The summed E-state index contributed by atoms with van der Waals surface area (Å²) in [5.74, 6) is -1.78. The Morgan fingerprint density at radius 2 is 0.841 bits per heavy atom. The van der Waals surface area contributed by atoms with Gasteiger partial charge in [0.05, 0.1) is 40.3 Å². The Bertz CT molecular complexity index is 1210. The molecule has 0 rings (SSSR count). The summed E-state index contributed by atoms with van der Waals surface area (Å²) < 4.78 is 17.2. The number of allylic oxidation sites excluding steroid dienone is 10. The summed E-state index contributed by atoms with van der Waals surface area (Å²) in [4.78, 5) is 37.0. The third kappa shape index (κ3) is 44.0. The van der Waals surface area contributed by atoms with Gasteiger partial charge in [0.25, 0.3) is 0 Å². The first-order valence-corrected chi connectivity index (χ1v) is 25.8. The SMILES string of the molecule is CCCCC/C=C/C/C=C/C/C=C/C/C=C/C/C=C/CCCCC(=O)OC(COCCC(C(=O)[O-])[N+](C)(C)C)COC(=O)CCCCCCCCCCCCCCCCCCCC. The summed E-state index contributed by atoms with van der Waals surface area (Å²) >= 11 is 0. The minimum atomic E-state index is -1.13. The molecule has 0 radical (unpaired) electrons. The zero-order chi connectivity index (χ0) is 46.3. The van der Waals surface area contributed by atoms with E-state index >= 15 is 0 Å². The number of carboxylic acids is 1. The maximum atomic E-state index is 12.8. The third-order valence-corrected chi connectivity index (χ3v) is 11.4. The quantitative estimate of drug-likeness (QED) is 0.0260. The molecular weight excluding hydrogens is 787 g/mol. The van der Waals surface area contributed by atoms with Gasteiger partial charge in [0.1, 0.15) is 12.6 Å². The molecule has 0 aromatic rings. The maximum absolute atomic E-state index is 12.8. The van der Waals surface area contributed by atoms with Crippen molar-refractivity contribution in [2.24, 2.45) is 0 Å². The van der Waals surface area contributed by atoms with E-state index in [-0.39, 0.29) is 49.1 Å². The molecule has 364 valence electrons. The van der Waals surface area contributed by atoms with Gasteiger partial charge in [-0.2, -0.15) is 0 Å². The summed E-state index contributed by atoms with van der Waals surface area (Å²) in [7, 11) is 5.40. The zero-order valence-corrected chi connectivity index (χ0v) is 41.5. The van der Waals surface area contributed by atoms with E-state index in [1.165, 1.54) is 122 Å². The molecule has 0 heterocycles. The van der Waals surface area contributed by atoms with Gasteiger partial charge in [0.2, 0.25) is 0 Å². The normalized spacial score (nSPS) is 13.3. The van der Waals surface area contributed by atoms with Crippen molar-refractivity contribution in [2.75, 3.05) is 41.0 Å². The van der Waals surface area contributed by atoms with Gasteiger partial charge >= 0.3 is 11.9 Å². The smallest absolute Gasteiger partial charge is 0.306 e. The van der Waals surface area contributed by atoms with Crippen molar-refractivity contribution < 1.29 is 38.2 Å². The van der Waals surface area contributed by atoms with Crippen LogP contribution in [0, 0.1) is 0 Å². The third-order valence-electron chi connectivity index (χ3n) is 11.4. The van der Waals surface area contributed by atoms with Gasteiger partial charge in [-0.15, -0.1) is 0 Å². The average Bonchev–Trinajstić information content (AvgIpc) is 3.24. The van der Waals surface area contributed by atoms with Crippen molar-refractivity contribution in [1.29, 1.82) is 0 Å². The van der Waals surface area contributed by atoms with Crippen LogP contribution in [0.5, 0.6) is 0 Å². The molecular formula is C55H97NO7. The standard InChI is InChI=1S/C55H97NO7/c1-6-8-10-12-14-16-18-20-22-24-26-27-28-30-32-34-36-38-40-42-44-46-54(58)63-51(49-61-48-47-52(55(59)60)56(3,4)5)50-62-53(57)45-43-41-39-37-35-33-31-29-25-23-21-19-17-15-13-11-9-7-2/h14,16,20,22,26-27,30,32,36,38,51-52H,6-13,15,17-19,21,23-25,28-29,31,33-35,37,39-50H2,1-5H3/b16-14+,22-20+,27-26+,32-30+,38-36+. The van der Waals surface area contributed by atoms with Crippen molar-refractivity contribution >= 4 is 17.9 Å². The Morgan fingerprint density at radius 3 is 1.27 bits per heavy atom. The minimum Gasteiger partial charge on any atom is -0.544 e. The lowest BCUT2D eigenvalue weighted by Crippen LogP contribution is -2.55. The molecule has 0 N–H and O–H groups in total. The summed E-state index contributed by atoms with van der Waals surface area (Å²) in [5.41, 5.74) is 0. The Hall–Kier alpha value is -2.97. The van der Waals surface area contributed by atoms with Gasteiger partial charge in [0.15, 0.2) is 6.10 Å². The van der Waals surface area contributed by atoms with E-state index < -0.39 is 18.1 Å². The van der Waals surface area contributed by atoms with E-state index in [9.17, 15) is 19.5 Å². The Kier molecular flexibility index (Phi) is 43.4. The maximum Gasteiger partial charge on any atom is 0.306 e. The van der Waals surface area contributed by atoms with E-state index in [1.54, 1.807) is 21.1 Å². The van der Waals surface area contributed by atoms with Gasteiger partial charge in [-0.3, -0.25) is 9.59 Å². The van der Waals surface area contributed by atoms with Crippen molar-refractivity contribution in [1.82, 2.24) is 0 Å². The Morgan fingerprint density at radius 1 is 0.476 bits per heavy atom. The first-order chi connectivity index (χ1) is 30.6. The number of carboxylic acid groups (broad SMARTS) is 1. The van der Waals surface area contributed by atoms with Crippen molar-refractivity contribution in [3.05, 3.63) is 60.8 Å². The van der Waals surface area contributed by atoms with Crippen LogP contribution in [0.15, 0.2) is 60.8 Å². The van der Waals surface area contributed by atoms with Crippen molar-refractivity contribution in [3.63, 3.8) is 0 Å². The highest BCUT2D eigenvalue weighted by atomic mass is 16.6. The van der Waals surface area contributed by atoms with Gasteiger partial charge in [-0.1, -0.05) is 197 Å². The lowest BCUT2D eigenvalue weighted by Gasteiger charge is -2.34. The van der Waals surface area contributed by atoms with E-state index in [0.717, 1.165) is 57.8 Å². The predicted molar refractivity (Wildman–Crippen MR) is 263 cm³/mol. The van der Waals surface area contributed by atoms with Crippen LogP contribution in [-0.4, -0.2) is 75.5 Å². The van der Waals surface area contributed by atoms with Crippen LogP contribution in [0.3, 0.4) is 0 Å². The van der Waals surface area contributed by atoms with Crippen LogP contribution in [0.2, 0.25) is 0 Å². The molecule has 0 aliphatic carbocycles. The van der Waals surface area contributed by atoms with Crippen LogP contribution in [0.4, 0.5) is 0 Å². The number of likely N-dealkylation sites (N-methyl/N-ethyl adjacent to an activating group) is 1. The monoisotopic (exact) mass is 884 g/mol. The number of hydrogen-bond donors (Lipinski definition) is 0. The molecule has 0 saturated carbocycles. The van der Waals surface area contributed by atoms with E-state index in [2.05, 4.69) is 74.6 Å². The number of quaternary nitrogens is 1. The number of nitrogens with zero attached hydrogens (tertiary/aromatic N) is 1. The number of carbonyl (C=O) groups excluding carboxylic acids is 3. The topological polar surface area (TPSA) is 102 Å². The number of esters is 2. The lowest BCUT2D eigenvalue weighted by atomic mass is 10.0. The molecule has 0 fully saturated rings. The van der Waals surface area contributed by atoms with Gasteiger partial charge < -0.3 is 28.6 Å². The molecule has 63 heavy (non-hydrogen) atoms. The average molecular weight is 884 g/mol. The van der Waals surface area contributed by atoms with Crippen molar-refractivity contribution in [2.45, 2.75) is 231 Å². The highest BCUT2D eigenvalue weighted by molar-refractivity contribution is 5.70. The van der Waals surface area contributed by atoms with Crippen LogP contribution in [0.25, 0.3) is 0 Å². The molecule has 0 saturated heterocycles. The molecule has 8 heteroatoms. The number of aliphatic carboxylic acids is 1. The molecule has 0 aromatic heterocycles.